The molecule has 0 radical (unpaired) electrons. The molecule has 0 aromatic heterocycles. The van der Waals surface area contributed by atoms with Gasteiger partial charge in [0.1, 0.15) is 11.8 Å². The summed E-state index contributed by atoms with van der Waals surface area (Å²) in [5.74, 6) is -0.355. The van der Waals surface area contributed by atoms with E-state index in [1.54, 1.807) is 31.2 Å². The number of rotatable bonds is 5. The highest BCUT2D eigenvalue weighted by molar-refractivity contribution is 6.10. The maximum absolute atomic E-state index is 12.9. The number of allylic oxidation sites excluding steroid dienone is 2. The van der Waals surface area contributed by atoms with Crippen LogP contribution in [0, 0.1) is 23.7 Å². The fourth-order valence-electron chi connectivity index (χ4n) is 4.64. The number of hydrogen-bond acceptors (Lipinski definition) is 4. The van der Waals surface area contributed by atoms with Gasteiger partial charge in [0.05, 0.1) is 18.4 Å². The monoisotopic (exact) mass is 368 g/mol. The highest BCUT2D eigenvalue weighted by atomic mass is 16.5. The van der Waals surface area contributed by atoms with Crippen LogP contribution >= 0.6 is 0 Å². The van der Waals surface area contributed by atoms with Crippen molar-refractivity contribution < 1.29 is 19.1 Å². The van der Waals surface area contributed by atoms with E-state index < -0.39 is 6.04 Å². The molecule has 1 aromatic rings. The first-order chi connectivity index (χ1) is 13.0. The number of imide groups is 1. The molecule has 2 bridgehead atoms. The predicted octanol–water partition coefficient (Wildman–Crippen LogP) is 2.61. The SMILES string of the molecule is CCOc1ccc(NC(=O)[C@H](C)N2C(=O)[C@H]3[C@H](C2=O)[C@H]2C=C[C@H]3CC2)cc1. The third-order valence-electron chi connectivity index (χ3n) is 5.99. The molecule has 3 amide bonds. The maximum Gasteiger partial charge on any atom is 0.247 e. The lowest BCUT2D eigenvalue weighted by molar-refractivity contribution is -0.146. The van der Waals surface area contributed by atoms with Crippen molar-refractivity contribution in [2.24, 2.45) is 23.7 Å². The van der Waals surface area contributed by atoms with Gasteiger partial charge in [-0.15, -0.1) is 0 Å². The van der Waals surface area contributed by atoms with Crippen molar-refractivity contribution in [1.29, 1.82) is 0 Å². The molecule has 3 aliphatic carbocycles. The van der Waals surface area contributed by atoms with Crippen LogP contribution in [0.15, 0.2) is 36.4 Å². The molecule has 6 heteroatoms. The fourth-order valence-corrected chi connectivity index (χ4v) is 4.64. The first kappa shape index (κ1) is 17.8. The highest BCUT2D eigenvalue weighted by Crippen LogP contribution is 2.49. The van der Waals surface area contributed by atoms with Crippen molar-refractivity contribution in [2.45, 2.75) is 32.7 Å². The first-order valence-electron chi connectivity index (χ1n) is 9.60. The number of carbonyl (C=O) groups is 3. The third-order valence-corrected chi connectivity index (χ3v) is 5.99. The summed E-state index contributed by atoms with van der Waals surface area (Å²) in [4.78, 5) is 39.7. The second-order valence-corrected chi connectivity index (χ2v) is 7.51. The highest BCUT2D eigenvalue weighted by Gasteiger charge is 2.58. The smallest absolute Gasteiger partial charge is 0.247 e. The van der Waals surface area contributed by atoms with Crippen molar-refractivity contribution in [2.75, 3.05) is 11.9 Å². The number of anilines is 1. The largest absolute Gasteiger partial charge is 0.494 e. The minimum Gasteiger partial charge on any atom is -0.494 e. The van der Waals surface area contributed by atoms with Gasteiger partial charge in [-0.1, -0.05) is 12.2 Å². The molecule has 1 saturated carbocycles. The van der Waals surface area contributed by atoms with Crippen LogP contribution in [-0.2, 0) is 14.4 Å². The molecule has 5 atom stereocenters. The Morgan fingerprint density at radius 3 is 2.15 bits per heavy atom. The molecular weight excluding hydrogens is 344 g/mol. The topological polar surface area (TPSA) is 75.7 Å². The number of nitrogens with zero attached hydrogens (tertiary/aromatic N) is 1. The molecule has 1 aromatic carbocycles. The lowest BCUT2D eigenvalue weighted by Gasteiger charge is -2.38. The summed E-state index contributed by atoms with van der Waals surface area (Å²) in [5, 5.41) is 2.79. The van der Waals surface area contributed by atoms with Gasteiger partial charge in [0.25, 0.3) is 0 Å². The van der Waals surface area contributed by atoms with Crippen LogP contribution in [-0.4, -0.2) is 35.3 Å². The summed E-state index contributed by atoms with van der Waals surface area (Å²) < 4.78 is 5.39. The number of fused-ring (bicyclic) bond motifs is 1. The van der Waals surface area contributed by atoms with Crippen molar-refractivity contribution in [3.63, 3.8) is 0 Å². The molecule has 4 aliphatic rings. The molecule has 6 nitrogen and oxygen atoms in total. The van der Waals surface area contributed by atoms with Crippen LogP contribution in [0.4, 0.5) is 5.69 Å². The number of hydrogen-bond donors (Lipinski definition) is 1. The van der Waals surface area contributed by atoms with Crippen molar-refractivity contribution in [3.8, 4) is 5.75 Å². The van der Waals surface area contributed by atoms with Gasteiger partial charge in [-0.25, -0.2) is 0 Å². The van der Waals surface area contributed by atoms with Crippen LogP contribution in [0.2, 0.25) is 0 Å². The van der Waals surface area contributed by atoms with Gasteiger partial charge in [-0.05, 0) is 62.8 Å². The van der Waals surface area contributed by atoms with Gasteiger partial charge >= 0.3 is 0 Å². The Morgan fingerprint density at radius 2 is 1.67 bits per heavy atom. The average Bonchev–Trinajstić information content (AvgIpc) is 2.97. The van der Waals surface area contributed by atoms with E-state index in [0.29, 0.717) is 12.3 Å². The molecule has 0 unspecified atom stereocenters. The molecular formula is C21H24N2O4. The maximum atomic E-state index is 12.9. The average molecular weight is 368 g/mol. The van der Waals surface area contributed by atoms with Crippen molar-refractivity contribution in [3.05, 3.63) is 36.4 Å². The zero-order valence-electron chi connectivity index (χ0n) is 15.6. The summed E-state index contributed by atoms with van der Waals surface area (Å²) in [6.07, 6.45) is 6.05. The lowest BCUT2D eigenvalue weighted by atomic mass is 9.63. The van der Waals surface area contributed by atoms with Gasteiger partial charge in [0.15, 0.2) is 0 Å². The van der Waals surface area contributed by atoms with E-state index in [9.17, 15) is 14.4 Å². The molecule has 27 heavy (non-hydrogen) atoms. The Bertz CT molecular complexity index is 769. The van der Waals surface area contributed by atoms with Crippen LogP contribution in [0.3, 0.4) is 0 Å². The number of likely N-dealkylation sites (tertiary alicyclic amines) is 1. The predicted molar refractivity (Wildman–Crippen MR) is 99.9 cm³/mol. The minimum atomic E-state index is -0.832. The van der Waals surface area contributed by atoms with Gasteiger partial charge in [0, 0.05) is 5.69 Å². The number of carbonyl (C=O) groups excluding carboxylic acids is 3. The van der Waals surface area contributed by atoms with E-state index in [1.165, 1.54) is 4.90 Å². The molecule has 1 N–H and O–H groups in total. The van der Waals surface area contributed by atoms with E-state index in [-0.39, 0.29) is 41.4 Å². The molecule has 1 heterocycles. The Kier molecular flexibility index (Phi) is 4.50. The van der Waals surface area contributed by atoms with Crippen LogP contribution in [0.5, 0.6) is 5.75 Å². The van der Waals surface area contributed by atoms with Crippen LogP contribution in [0.25, 0.3) is 0 Å². The van der Waals surface area contributed by atoms with E-state index in [4.69, 9.17) is 4.74 Å². The Morgan fingerprint density at radius 1 is 1.11 bits per heavy atom. The van der Waals surface area contributed by atoms with Crippen LogP contribution < -0.4 is 10.1 Å². The lowest BCUT2D eigenvalue weighted by Crippen LogP contribution is -2.46. The Balaban J connectivity index is 1.47. The summed E-state index contributed by atoms with van der Waals surface area (Å²) >= 11 is 0. The molecule has 2 fully saturated rings. The second kappa shape index (κ2) is 6.83. The molecule has 1 saturated heterocycles. The summed E-state index contributed by atoms with van der Waals surface area (Å²) in [7, 11) is 0. The summed E-state index contributed by atoms with van der Waals surface area (Å²) in [6, 6.07) is 6.20. The molecule has 142 valence electrons. The number of amides is 3. The zero-order chi connectivity index (χ0) is 19.1. The standard InChI is InChI=1S/C21H24N2O4/c1-3-27-16-10-8-15(9-11-16)22-19(24)12(2)23-20(25)17-13-4-5-14(7-6-13)18(17)21(23)26/h4-5,8-14,17-18H,3,6-7H2,1-2H3,(H,22,24)/t12-,13-,14-,17+,18+/m0/s1. The van der Waals surface area contributed by atoms with E-state index >= 15 is 0 Å². The second-order valence-electron chi connectivity index (χ2n) is 7.51. The van der Waals surface area contributed by atoms with Gasteiger partial charge in [-0.2, -0.15) is 0 Å². The van der Waals surface area contributed by atoms with Gasteiger partial charge in [0.2, 0.25) is 17.7 Å². The van der Waals surface area contributed by atoms with E-state index in [0.717, 1.165) is 18.6 Å². The molecule has 1 aliphatic heterocycles. The quantitative estimate of drug-likeness (QED) is 0.640. The minimum absolute atomic E-state index is 0.128. The van der Waals surface area contributed by atoms with E-state index in [2.05, 4.69) is 17.5 Å². The Labute approximate surface area is 158 Å². The number of benzene rings is 1. The summed E-state index contributed by atoms with van der Waals surface area (Å²) in [6.45, 7) is 4.09. The molecule has 0 spiro atoms. The fraction of sp³-hybridized carbons (Fsp3) is 0.476. The normalized spacial score (nSPS) is 29.6. The summed E-state index contributed by atoms with van der Waals surface area (Å²) in [5.41, 5.74) is 0.605. The zero-order valence-corrected chi connectivity index (χ0v) is 15.6. The van der Waals surface area contributed by atoms with Crippen LogP contribution in [0.1, 0.15) is 26.7 Å². The number of ether oxygens (including phenoxy) is 1. The number of nitrogens with one attached hydrogen (secondary N) is 1. The van der Waals surface area contributed by atoms with Crippen molar-refractivity contribution in [1.82, 2.24) is 4.90 Å². The van der Waals surface area contributed by atoms with Gasteiger partial charge in [-0.3, -0.25) is 19.3 Å². The van der Waals surface area contributed by atoms with Gasteiger partial charge < -0.3 is 10.1 Å². The first-order valence-corrected chi connectivity index (χ1v) is 9.60. The Hall–Kier alpha value is -2.63. The third kappa shape index (κ3) is 2.93. The van der Waals surface area contributed by atoms with E-state index in [1.807, 2.05) is 6.92 Å². The van der Waals surface area contributed by atoms with Crippen molar-refractivity contribution >= 4 is 23.4 Å². The molecule has 5 rings (SSSR count).